The van der Waals surface area contributed by atoms with Crippen LogP contribution in [-0.2, 0) is 19.7 Å². The second-order valence-corrected chi connectivity index (χ2v) is 8.57. The summed E-state index contributed by atoms with van der Waals surface area (Å²) in [6.45, 7) is 5.97. The first-order chi connectivity index (χ1) is 14.2. The molecular formula is C24H28N2O4. The molecule has 0 spiro atoms. The maximum absolute atomic E-state index is 12.5. The maximum Gasteiger partial charge on any atom is 0.326 e. The van der Waals surface area contributed by atoms with Crippen LogP contribution in [0.1, 0.15) is 61.2 Å². The smallest absolute Gasteiger partial charge is 0.326 e. The second-order valence-electron chi connectivity index (χ2n) is 8.57. The SMILES string of the molecule is CC(C)(C)c1ccc(C(=O)NCC(=O)OC(C(=O)NC2CC2)c2ccccc2)cc1. The van der Waals surface area contributed by atoms with Gasteiger partial charge in [-0.3, -0.25) is 14.4 Å². The fourth-order valence-corrected chi connectivity index (χ4v) is 2.95. The molecule has 30 heavy (non-hydrogen) atoms. The van der Waals surface area contributed by atoms with Crippen molar-refractivity contribution in [2.24, 2.45) is 0 Å². The number of esters is 1. The summed E-state index contributed by atoms with van der Waals surface area (Å²) >= 11 is 0. The molecule has 0 saturated heterocycles. The average Bonchev–Trinajstić information content (AvgIpc) is 3.54. The van der Waals surface area contributed by atoms with Crippen molar-refractivity contribution in [1.29, 1.82) is 0 Å². The molecule has 0 radical (unpaired) electrons. The summed E-state index contributed by atoms with van der Waals surface area (Å²) in [6, 6.07) is 16.3. The van der Waals surface area contributed by atoms with E-state index in [0.717, 1.165) is 18.4 Å². The van der Waals surface area contributed by atoms with Gasteiger partial charge in [0.05, 0.1) is 0 Å². The van der Waals surface area contributed by atoms with Crippen molar-refractivity contribution in [3.8, 4) is 0 Å². The molecule has 2 amide bonds. The highest BCUT2D eigenvalue weighted by atomic mass is 16.5. The third kappa shape index (κ3) is 5.92. The topological polar surface area (TPSA) is 84.5 Å². The summed E-state index contributed by atoms with van der Waals surface area (Å²) in [6.07, 6.45) is 0.832. The fraction of sp³-hybridized carbons (Fsp3) is 0.375. The summed E-state index contributed by atoms with van der Waals surface area (Å²) < 4.78 is 5.41. The Labute approximate surface area is 177 Å². The zero-order valence-corrected chi connectivity index (χ0v) is 17.6. The molecule has 0 aromatic heterocycles. The zero-order chi connectivity index (χ0) is 21.7. The lowest BCUT2D eigenvalue weighted by Crippen LogP contribution is -2.36. The largest absolute Gasteiger partial charge is 0.446 e. The summed E-state index contributed by atoms with van der Waals surface area (Å²) in [5.74, 6) is -1.39. The fourth-order valence-electron chi connectivity index (χ4n) is 2.95. The molecule has 2 aromatic rings. The Balaban J connectivity index is 1.58. The molecule has 1 atom stereocenters. The zero-order valence-electron chi connectivity index (χ0n) is 17.6. The number of hydrogen-bond donors (Lipinski definition) is 2. The number of rotatable bonds is 7. The van der Waals surface area contributed by atoms with E-state index in [1.807, 2.05) is 18.2 Å². The van der Waals surface area contributed by atoms with E-state index in [2.05, 4.69) is 31.4 Å². The molecule has 2 aromatic carbocycles. The molecule has 0 aliphatic heterocycles. The predicted octanol–water partition coefficient (Wildman–Crippen LogP) is 3.28. The molecule has 1 unspecified atom stereocenters. The predicted molar refractivity (Wildman–Crippen MR) is 114 cm³/mol. The van der Waals surface area contributed by atoms with Gasteiger partial charge in [-0.05, 0) is 36.0 Å². The number of benzene rings is 2. The Morgan fingerprint density at radius 2 is 1.63 bits per heavy atom. The van der Waals surface area contributed by atoms with Crippen molar-refractivity contribution in [2.45, 2.75) is 51.2 Å². The molecule has 6 heteroatoms. The van der Waals surface area contributed by atoms with E-state index in [-0.39, 0.29) is 29.8 Å². The van der Waals surface area contributed by atoms with E-state index in [1.165, 1.54) is 0 Å². The first kappa shape index (κ1) is 21.6. The van der Waals surface area contributed by atoms with Gasteiger partial charge in [0, 0.05) is 17.2 Å². The highest BCUT2D eigenvalue weighted by molar-refractivity contribution is 5.96. The van der Waals surface area contributed by atoms with E-state index < -0.39 is 12.1 Å². The molecule has 1 aliphatic rings. The Bertz CT molecular complexity index is 897. The van der Waals surface area contributed by atoms with E-state index in [0.29, 0.717) is 11.1 Å². The molecule has 0 heterocycles. The van der Waals surface area contributed by atoms with Gasteiger partial charge in [-0.1, -0.05) is 63.2 Å². The van der Waals surface area contributed by atoms with Crippen LogP contribution in [0.4, 0.5) is 0 Å². The summed E-state index contributed by atoms with van der Waals surface area (Å²) in [4.78, 5) is 37.2. The Hall–Kier alpha value is -3.15. The van der Waals surface area contributed by atoms with Crippen LogP contribution in [-0.4, -0.2) is 30.4 Å². The van der Waals surface area contributed by atoms with Gasteiger partial charge >= 0.3 is 5.97 Å². The summed E-state index contributed by atoms with van der Waals surface area (Å²) in [7, 11) is 0. The van der Waals surface area contributed by atoms with Gasteiger partial charge in [0.25, 0.3) is 11.8 Å². The molecule has 0 bridgehead atoms. The van der Waals surface area contributed by atoms with Crippen molar-refractivity contribution >= 4 is 17.8 Å². The van der Waals surface area contributed by atoms with Gasteiger partial charge in [0.2, 0.25) is 6.10 Å². The first-order valence-corrected chi connectivity index (χ1v) is 10.2. The van der Waals surface area contributed by atoms with Crippen molar-refractivity contribution in [2.75, 3.05) is 6.54 Å². The van der Waals surface area contributed by atoms with Crippen LogP contribution in [0.15, 0.2) is 54.6 Å². The quantitative estimate of drug-likeness (QED) is 0.689. The number of carbonyl (C=O) groups excluding carboxylic acids is 3. The first-order valence-electron chi connectivity index (χ1n) is 10.2. The van der Waals surface area contributed by atoms with Crippen LogP contribution in [0.5, 0.6) is 0 Å². The normalized spacial score (nSPS) is 14.5. The van der Waals surface area contributed by atoms with E-state index in [1.54, 1.807) is 36.4 Å². The van der Waals surface area contributed by atoms with E-state index in [9.17, 15) is 14.4 Å². The van der Waals surface area contributed by atoms with Crippen molar-refractivity contribution in [3.05, 3.63) is 71.3 Å². The minimum atomic E-state index is -1.04. The van der Waals surface area contributed by atoms with Gasteiger partial charge in [-0.2, -0.15) is 0 Å². The lowest BCUT2D eigenvalue weighted by Gasteiger charge is -2.19. The van der Waals surface area contributed by atoms with E-state index in [4.69, 9.17) is 4.74 Å². The molecule has 1 aliphatic carbocycles. The Morgan fingerprint density at radius 3 is 2.20 bits per heavy atom. The van der Waals surface area contributed by atoms with Crippen LogP contribution < -0.4 is 10.6 Å². The molecule has 1 saturated carbocycles. The minimum Gasteiger partial charge on any atom is -0.446 e. The van der Waals surface area contributed by atoms with Gasteiger partial charge in [-0.25, -0.2) is 0 Å². The van der Waals surface area contributed by atoms with Crippen molar-refractivity contribution in [3.63, 3.8) is 0 Å². The van der Waals surface area contributed by atoms with Crippen LogP contribution in [0.3, 0.4) is 0 Å². The molecule has 158 valence electrons. The minimum absolute atomic E-state index is 0.00764. The van der Waals surface area contributed by atoms with Crippen LogP contribution in [0.25, 0.3) is 0 Å². The number of nitrogens with one attached hydrogen (secondary N) is 2. The van der Waals surface area contributed by atoms with Crippen LogP contribution >= 0.6 is 0 Å². The van der Waals surface area contributed by atoms with Crippen molar-refractivity contribution in [1.82, 2.24) is 10.6 Å². The second kappa shape index (κ2) is 9.11. The molecule has 3 rings (SSSR count). The number of amides is 2. The molecule has 2 N–H and O–H groups in total. The highest BCUT2D eigenvalue weighted by Gasteiger charge is 2.30. The van der Waals surface area contributed by atoms with Crippen LogP contribution in [0, 0.1) is 0 Å². The number of ether oxygens (including phenoxy) is 1. The Kier molecular flexibility index (Phi) is 6.55. The van der Waals surface area contributed by atoms with E-state index >= 15 is 0 Å². The third-order valence-corrected chi connectivity index (χ3v) is 4.92. The number of hydrogen-bond acceptors (Lipinski definition) is 4. The number of carbonyl (C=O) groups is 3. The Morgan fingerprint density at radius 1 is 1.00 bits per heavy atom. The van der Waals surface area contributed by atoms with Crippen LogP contribution in [0.2, 0.25) is 0 Å². The lowest BCUT2D eigenvalue weighted by atomic mass is 9.87. The molecular weight excluding hydrogens is 380 g/mol. The summed E-state index contributed by atoms with van der Waals surface area (Å²) in [5, 5.41) is 5.42. The molecule has 6 nitrogen and oxygen atoms in total. The van der Waals surface area contributed by atoms with Gasteiger partial charge in [-0.15, -0.1) is 0 Å². The van der Waals surface area contributed by atoms with Gasteiger partial charge < -0.3 is 15.4 Å². The standard InChI is InChI=1S/C24H28N2O4/c1-24(2,3)18-11-9-17(10-12-18)22(28)25-15-20(27)30-21(16-7-5-4-6-8-16)23(29)26-19-13-14-19/h4-12,19,21H,13-15H2,1-3H3,(H,25,28)(H,26,29). The van der Waals surface area contributed by atoms with Gasteiger partial charge in [0.15, 0.2) is 0 Å². The average molecular weight is 408 g/mol. The lowest BCUT2D eigenvalue weighted by molar-refractivity contribution is -0.155. The maximum atomic E-state index is 12.5. The highest BCUT2D eigenvalue weighted by Crippen LogP contribution is 2.24. The third-order valence-electron chi connectivity index (χ3n) is 4.92. The van der Waals surface area contributed by atoms with Crippen molar-refractivity contribution < 1.29 is 19.1 Å². The molecule has 1 fully saturated rings. The summed E-state index contributed by atoms with van der Waals surface area (Å²) in [5.41, 5.74) is 2.16. The monoisotopic (exact) mass is 408 g/mol. The van der Waals surface area contributed by atoms with Gasteiger partial charge in [0.1, 0.15) is 6.54 Å².